The summed E-state index contributed by atoms with van der Waals surface area (Å²) in [5.74, 6) is 0. The lowest BCUT2D eigenvalue weighted by atomic mass is 10.2. The first kappa shape index (κ1) is 12.9. The van der Waals surface area contributed by atoms with E-state index in [9.17, 15) is 0 Å². The third-order valence-electron chi connectivity index (χ3n) is 3.08. The Morgan fingerprint density at radius 1 is 1.40 bits per heavy atom. The average molecular weight is 243 g/mol. The predicted octanol–water partition coefficient (Wildman–Crippen LogP) is 4.23. The van der Waals surface area contributed by atoms with E-state index >= 15 is 0 Å². The molecule has 0 N–H and O–H groups in total. The maximum Gasteiger partial charge on any atom is 0.193 e. The third kappa shape index (κ3) is 3.13. The quantitative estimate of drug-likeness (QED) is 0.741. The van der Waals surface area contributed by atoms with Gasteiger partial charge < -0.3 is 4.43 Å². The van der Waals surface area contributed by atoms with E-state index < -0.39 is 8.32 Å². The summed E-state index contributed by atoms with van der Waals surface area (Å²) in [4.78, 5) is 4.30. The summed E-state index contributed by atoms with van der Waals surface area (Å²) in [6.45, 7) is 13.4. The van der Waals surface area contributed by atoms with Crippen LogP contribution in [-0.4, -0.2) is 13.3 Å². The van der Waals surface area contributed by atoms with Crippen molar-refractivity contribution in [1.82, 2.24) is 4.98 Å². The molecule has 0 saturated carbocycles. The van der Waals surface area contributed by atoms with Crippen molar-refractivity contribution in [2.75, 3.05) is 0 Å². The van der Waals surface area contributed by atoms with E-state index in [0.29, 0.717) is 0 Å². The third-order valence-corrected chi connectivity index (χ3v) is 8.57. The molecule has 86 valence electrons. The van der Waals surface area contributed by atoms with E-state index in [2.05, 4.69) is 45.8 Å². The van der Waals surface area contributed by atoms with Crippen molar-refractivity contribution in [1.29, 1.82) is 0 Å². The Morgan fingerprint density at radius 2 is 2.00 bits per heavy atom. The van der Waals surface area contributed by atoms with Crippen molar-refractivity contribution < 1.29 is 4.43 Å². The largest absolute Gasteiger partial charge is 0.408 e. The highest BCUT2D eigenvalue weighted by molar-refractivity contribution is 7.09. The second kappa shape index (κ2) is 4.35. The molecular formula is C11H21NOSSi. The minimum atomic E-state index is -1.66. The van der Waals surface area contributed by atoms with Gasteiger partial charge in [-0.2, -0.15) is 0 Å². The van der Waals surface area contributed by atoms with E-state index in [1.54, 1.807) is 11.3 Å². The summed E-state index contributed by atoms with van der Waals surface area (Å²) in [5, 5.41) is 3.35. The van der Waals surface area contributed by atoms with E-state index in [4.69, 9.17) is 4.43 Å². The Balaban J connectivity index is 2.70. The van der Waals surface area contributed by atoms with Gasteiger partial charge in [0, 0.05) is 11.6 Å². The van der Waals surface area contributed by atoms with Gasteiger partial charge in [0.05, 0.1) is 6.10 Å². The lowest BCUT2D eigenvalue weighted by Gasteiger charge is -2.38. The standard InChI is InChI=1S/C11H21NOSSi/c1-9(10-12-7-8-14-10)13-15(5,6)11(2,3)4/h7-9H,1-6H3/t9-/m0/s1. The molecule has 0 aromatic carbocycles. The van der Waals surface area contributed by atoms with E-state index in [1.807, 2.05) is 11.6 Å². The zero-order valence-electron chi connectivity index (χ0n) is 10.5. The van der Waals surface area contributed by atoms with E-state index in [0.717, 1.165) is 5.01 Å². The molecule has 15 heavy (non-hydrogen) atoms. The first-order valence-corrected chi connectivity index (χ1v) is 9.10. The summed E-state index contributed by atoms with van der Waals surface area (Å²) in [6, 6.07) is 0. The van der Waals surface area contributed by atoms with Crippen LogP contribution in [0, 0.1) is 0 Å². The van der Waals surface area contributed by atoms with Crippen molar-refractivity contribution in [3.05, 3.63) is 16.6 Å². The van der Waals surface area contributed by atoms with Crippen LogP contribution >= 0.6 is 11.3 Å². The molecule has 2 nitrogen and oxygen atoms in total. The van der Waals surface area contributed by atoms with Gasteiger partial charge in [0.25, 0.3) is 0 Å². The molecule has 1 aromatic heterocycles. The topological polar surface area (TPSA) is 22.1 Å². The summed E-state index contributed by atoms with van der Waals surface area (Å²) in [6.07, 6.45) is 1.97. The van der Waals surface area contributed by atoms with Gasteiger partial charge in [-0.3, -0.25) is 0 Å². The normalized spacial score (nSPS) is 15.3. The lowest BCUT2D eigenvalue weighted by Crippen LogP contribution is -2.41. The minimum absolute atomic E-state index is 0.130. The summed E-state index contributed by atoms with van der Waals surface area (Å²) in [5.41, 5.74) is 0. The van der Waals surface area contributed by atoms with Crippen molar-refractivity contribution in [3.8, 4) is 0 Å². The van der Waals surface area contributed by atoms with Crippen LogP contribution in [0.1, 0.15) is 38.8 Å². The molecule has 0 radical (unpaired) electrons. The zero-order valence-corrected chi connectivity index (χ0v) is 12.3. The number of thiazole rings is 1. The number of hydrogen-bond acceptors (Lipinski definition) is 3. The molecule has 0 aliphatic rings. The smallest absolute Gasteiger partial charge is 0.193 e. The van der Waals surface area contributed by atoms with Crippen LogP contribution < -0.4 is 0 Å². The first-order chi connectivity index (χ1) is 6.74. The lowest BCUT2D eigenvalue weighted by molar-refractivity contribution is 0.202. The molecule has 1 atom stereocenters. The minimum Gasteiger partial charge on any atom is -0.408 e. The maximum absolute atomic E-state index is 6.23. The highest BCUT2D eigenvalue weighted by Gasteiger charge is 2.38. The summed E-state index contributed by atoms with van der Waals surface area (Å²) < 4.78 is 6.23. The second-order valence-electron chi connectivity index (χ2n) is 5.39. The Bertz CT molecular complexity index is 303. The van der Waals surface area contributed by atoms with Gasteiger partial charge in [-0.25, -0.2) is 4.98 Å². The fraction of sp³-hybridized carbons (Fsp3) is 0.727. The highest BCUT2D eigenvalue weighted by Crippen LogP contribution is 2.39. The van der Waals surface area contributed by atoms with Crippen LogP contribution in [0.3, 0.4) is 0 Å². The Labute approximate surface area is 97.8 Å². The molecule has 0 spiro atoms. The predicted molar refractivity (Wildman–Crippen MR) is 68.8 cm³/mol. The molecule has 0 unspecified atom stereocenters. The van der Waals surface area contributed by atoms with Crippen LogP contribution in [0.5, 0.6) is 0 Å². The van der Waals surface area contributed by atoms with Gasteiger partial charge >= 0.3 is 0 Å². The van der Waals surface area contributed by atoms with Crippen LogP contribution in [0.15, 0.2) is 11.6 Å². The fourth-order valence-electron chi connectivity index (χ4n) is 1.10. The fourth-order valence-corrected chi connectivity index (χ4v) is 3.16. The molecule has 0 fully saturated rings. The molecule has 0 aliphatic heterocycles. The molecule has 0 aliphatic carbocycles. The summed E-state index contributed by atoms with van der Waals surface area (Å²) in [7, 11) is -1.66. The second-order valence-corrected chi connectivity index (χ2v) is 11.1. The van der Waals surface area contributed by atoms with Crippen molar-refractivity contribution in [2.24, 2.45) is 0 Å². The highest BCUT2D eigenvalue weighted by atomic mass is 32.1. The van der Waals surface area contributed by atoms with Gasteiger partial charge in [0.1, 0.15) is 5.01 Å². The monoisotopic (exact) mass is 243 g/mol. The van der Waals surface area contributed by atoms with Gasteiger partial charge in [-0.1, -0.05) is 20.8 Å². The Morgan fingerprint density at radius 3 is 2.40 bits per heavy atom. The van der Waals surface area contributed by atoms with Crippen molar-refractivity contribution in [2.45, 2.75) is 51.9 Å². The van der Waals surface area contributed by atoms with Crippen molar-refractivity contribution in [3.63, 3.8) is 0 Å². The Kier molecular flexibility index (Phi) is 3.74. The maximum atomic E-state index is 6.23. The molecule has 0 saturated heterocycles. The van der Waals surface area contributed by atoms with Crippen LogP contribution in [0.2, 0.25) is 18.1 Å². The van der Waals surface area contributed by atoms with E-state index in [1.165, 1.54) is 0 Å². The van der Waals surface area contributed by atoms with Gasteiger partial charge in [0.2, 0.25) is 0 Å². The number of hydrogen-bond donors (Lipinski definition) is 0. The van der Waals surface area contributed by atoms with Crippen LogP contribution in [0.4, 0.5) is 0 Å². The van der Waals surface area contributed by atoms with Gasteiger partial charge in [-0.15, -0.1) is 11.3 Å². The summed E-state index contributed by atoms with van der Waals surface area (Å²) >= 11 is 1.67. The SMILES string of the molecule is C[C@H](O[Si](C)(C)C(C)(C)C)c1nccs1. The Hall–Kier alpha value is -0.193. The van der Waals surface area contributed by atoms with Crippen LogP contribution in [-0.2, 0) is 4.43 Å². The molecular weight excluding hydrogens is 222 g/mol. The van der Waals surface area contributed by atoms with Gasteiger partial charge in [0.15, 0.2) is 8.32 Å². The van der Waals surface area contributed by atoms with E-state index in [-0.39, 0.29) is 11.1 Å². The number of aromatic nitrogens is 1. The molecule has 1 rings (SSSR count). The van der Waals surface area contributed by atoms with Crippen LogP contribution in [0.25, 0.3) is 0 Å². The number of rotatable bonds is 3. The molecule has 0 bridgehead atoms. The molecule has 4 heteroatoms. The molecule has 1 heterocycles. The molecule has 1 aromatic rings. The van der Waals surface area contributed by atoms with Gasteiger partial charge in [-0.05, 0) is 25.1 Å². The zero-order chi connectivity index (χ0) is 11.7. The number of nitrogens with zero attached hydrogens (tertiary/aromatic N) is 1. The average Bonchev–Trinajstić information content (AvgIpc) is 2.51. The van der Waals surface area contributed by atoms with Crippen molar-refractivity contribution >= 4 is 19.7 Å². The molecule has 0 amide bonds. The first-order valence-electron chi connectivity index (χ1n) is 5.31.